The number of amides is 2. The molecule has 0 saturated carbocycles. The van der Waals surface area contributed by atoms with Crippen molar-refractivity contribution in [1.82, 2.24) is 10.3 Å². The van der Waals surface area contributed by atoms with E-state index in [0.29, 0.717) is 22.6 Å². The molecule has 1 aromatic heterocycles. The van der Waals surface area contributed by atoms with Crippen LogP contribution in [0.25, 0.3) is 0 Å². The minimum atomic E-state index is -3.40. The molecule has 7 N–H and O–H groups in total. The van der Waals surface area contributed by atoms with Gasteiger partial charge in [0, 0.05) is 18.9 Å². The van der Waals surface area contributed by atoms with Crippen molar-refractivity contribution in [3.63, 3.8) is 0 Å². The van der Waals surface area contributed by atoms with Crippen LogP contribution in [-0.2, 0) is 9.53 Å². The van der Waals surface area contributed by atoms with E-state index in [-0.39, 0.29) is 36.7 Å². The molecule has 178 valence electrons. The molecule has 2 heterocycles. The van der Waals surface area contributed by atoms with Crippen LogP contribution >= 0.6 is 11.0 Å². The lowest BCUT2D eigenvalue weighted by molar-refractivity contribution is -0.119. The summed E-state index contributed by atoms with van der Waals surface area (Å²) in [5.41, 5.74) is 6.17. The van der Waals surface area contributed by atoms with Crippen molar-refractivity contribution in [1.29, 1.82) is 0 Å². The Labute approximate surface area is 192 Å². The number of rotatable bonds is 8. The van der Waals surface area contributed by atoms with Gasteiger partial charge in [-0.2, -0.15) is 0 Å². The lowest BCUT2D eigenvalue weighted by Gasteiger charge is -2.34. The van der Waals surface area contributed by atoms with E-state index in [1.165, 1.54) is 25.4 Å². The normalized spacial score (nSPS) is 15.4. The highest BCUT2D eigenvalue weighted by atomic mass is 32.3. The third-order valence-electron chi connectivity index (χ3n) is 4.36. The first kappa shape index (κ1) is 24.3. The average Bonchev–Trinajstić information content (AvgIpc) is 2.71. The zero-order valence-electron chi connectivity index (χ0n) is 18.3. The lowest BCUT2D eigenvalue weighted by atomic mass is 10.1. The summed E-state index contributed by atoms with van der Waals surface area (Å²) in [6.07, 6.45) is 1.41. The Morgan fingerprint density at radius 3 is 2.76 bits per heavy atom. The monoisotopic (exact) mass is 478 g/mol. The van der Waals surface area contributed by atoms with Gasteiger partial charge in [-0.3, -0.25) is 23.4 Å². The zero-order valence-corrected chi connectivity index (χ0v) is 19.1. The zero-order chi connectivity index (χ0) is 24.2. The molecule has 0 bridgehead atoms. The third kappa shape index (κ3) is 6.32. The summed E-state index contributed by atoms with van der Waals surface area (Å²) in [5.74, 6) is -0.254. The fourth-order valence-electron chi connectivity index (χ4n) is 2.98. The number of hydrogen-bond acceptors (Lipinski definition) is 10. The second kappa shape index (κ2) is 9.62. The topological polar surface area (TPSA) is 180 Å². The summed E-state index contributed by atoms with van der Waals surface area (Å²) in [5, 5.41) is 5.41. The Kier molecular flexibility index (Phi) is 7.07. The molecule has 1 aliphatic heterocycles. The molecule has 0 fully saturated rings. The number of anilines is 2. The van der Waals surface area contributed by atoms with Crippen LogP contribution in [0.5, 0.6) is 5.75 Å². The van der Waals surface area contributed by atoms with Crippen LogP contribution in [0.3, 0.4) is 0 Å². The fourth-order valence-corrected chi connectivity index (χ4v) is 3.85. The van der Waals surface area contributed by atoms with Crippen LogP contribution in [0, 0.1) is 0 Å². The first-order valence-corrected chi connectivity index (χ1v) is 11.2. The van der Waals surface area contributed by atoms with Crippen LogP contribution in [0.2, 0.25) is 0 Å². The molecule has 3 rings (SSSR count). The maximum absolute atomic E-state index is 12.8. The van der Waals surface area contributed by atoms with E-state index in [1.54, 1.807) is 32.0 Å². The standard InChI is InChI=1S/C20H26N6O6S/c1-20(2,24-19(28)12-7-8-22-15(9-12)23-16(27)10-31-3)11-32-14-6-4-5-13-17(14)18(21)26-33(29,30)25-13/h4-9,25,29-30H,10-11H2,1-3H3,(H2,21,26)(H,24,28)(H,22,23,27). The quantitative estimate of drug-likeness (QED) is 0.330. The van der Waals surface area contributed by atoms with Crippen LogP contribution in [0.4, 0.5) is 11.5 Å². The highest BCUT2D eigenvalue weighted by molar-refractivity contribution is 8.24. The van der Waals surface area contributed by atoms with Gasteiger partial charge in [0.25, 0.3) is 11.8 Å². The fraction of sp³-hybridized carbons (Fsp3) is 0.300. The first-order valence-electron chi connectivity index (χ1n) is 9.74. The van der Waals surface area contributed by atoms with Gasteiger partial charge < -0.3 is 25.8 Å². The lowest BCUT2D eigenvalue weighted by Crippen LogP contribution is -2.48. The van der Waals surface area contributed by atoms with E-state index in [1.807, 2.05) is 0 Å². The van der Waals surface area contributed by atoms with Crippen molar-refractivity contribution in [3.8, 4) is 5.75 Å². The van der Waals surface area contributed by atoms with Gasteiger partial charge in [0.15, 0.2) is 5.84 Å². The molecule has 0 atom stereocenters. The third-order valence-corrected chi connectivity index (χ3v) is 5.31. The summed E-state index contributed by atoms with van der Waals surface area (Å²) in [6.45, 7) is 3.49. The van der Waals surface area contributed by atoms with Crippen LogP contribution in [-0.4, -0.2) is 57.6 Å². The minimum absolute atomic E-state index is 0.0685. The van der Waals surface area contributed by atoms with Gasteiger partial charge in [-0.1, -0.05) is 6.07 Å². The van der Waals surface area contributed by atoms with E-state index in [0.717, 1.165) is 0 Å². The number of hydrogen-bond donors (Lipinski definition) is 6. The molecule has 12 nitrogen and oxygen atoms in total. The van der Waals surface area contributed by atoms with Gasteiger partial charge in [-0.15, -0.1) is 4.40 Å². The number of ether oxygens (including phenoxy) is 2. The number of nitrogens with one attached hydrogen (secondary N) is 3. The number of nitrogens with two attached hydrogens (primary N) is 1. The second-order valence-corrected chi connectivity index (χ2v) is 9.24. The maximum Gasteiger partial charge on any atom is 0.252 e. The summed E-state index contributed by atoms with van der Waals surface area (Å²) in [7, 11) is -2.00. The molecule has 0 spiro atoms. The largest absolute Gasteiger partial charge is 0.490 e. The molecule has 0 aliphatic carbocycles. The van der Waals surface area contributed by atoms with Gasteiger partial charge >= 0.3 is 0 Å². The summed E-state index contributed by atoms with van der Waals surface area (Å²) in [6, 6.07) is 7.92. The predicted octanol–water partition coefficient (Wildman–Crippen LogP) is 1.97. The number of methoxy groups -OCH3 is 1. The molecule has 1 aromatic carbocycles. The molecular formula is C20H26N6O6S. The number of nitrogens with zero attached hydrogens (tertiary/aromatic N) is 2. The number of aromatic nitrogens is 1. The van der Waals surface area contributed by atoms with Crippen LogP contribution in [0.15, 0.2) is 40.9 Å². The molecule has 2 aromatic rings. The molecule has 0 unspecified atom stereocenters. The highest BCUT2D eigenvalue weighted by Gasteiger charge is 2.27. The predicted molar refractivity (Wildman–Crippen MR) is 125 cm³/mol. The van der Waals surface area contributed by atoms with Crippen molar-refractivity contribution < 1.29 is 28.2 Å². The summed E-state index contributed by atoms with van der Waals surface area (Å²) in [4.78, 5) is 28.4. The Bertz CT molecular complexity index is 1090. The Morgan fingerprint density at radius 2 is 2.03 bits per heavy atom. The Balaban J connectivity index is 1.67. The van der Waals surface area contributed by atoms with Crippen molar-refractivity contribution in [2.24, 2.45) is 10.1 Å². The van der Waals surface area contributed by atoms with E-state index < -0.39 is 16.5 Å². The Morgan fingerprint density at radius 1 is 1.27 bits per heavy atom. The van der Waals surface area contributed by atoms with Crippen molar-refractivity contribution in [3.05, 3.63) is 47.7 Å². The van der Waals surface area contributed by atoms with Crippen molar-refractivity contribution in [2.45, 2.75) is 19.4 Å². The smallest absolute Gasteiger partial charge is 0.252 e. The van der Waals surface area contributed by atoms with Gasteiger partial charge in [0.2, 0.25) is 0 Å². The van der Waals surface area contributed by atoms with Gasteiger partial charge in [0.05, 0.1) is 16.8 Å². The Hall–Kier alpha value is -3.39. The number of fused-ring (bicyclic) bond motifs is 1. The molecule has 1 aliphatic rings. The summed E-state index contributed by atoms with van der Waals surface area (Å²) >= 11 is 0. The number of amidine groups is 1. The van der Waals surface area contributed by atoms with E-state index in [4.69, 9.17) is 15.2 Å². The molecular weight excluding hydrogens is 452 g/mol. The van der Waals surface area contributed by atoms with Crippen molar-refractivity contribution >= 4 is 40.1 Å². The molecule has 2 amide bonds. The highest BCUT2D eigenvalue weighted by Crippen LogP contribution is 2.46. The SMILES string of the molecule is COCC(=O)Nc1cc(C(=O)NC(C)(C)COc2cccc3c2C(N)=NS(O)(O)N3)ccn1. The second-order valence-electron chi connectivity index (χ2n) is 7.81. The van der Waals surface area contributed by atoms with Crippen molar-refractivity contribution in [2.75, 3.05) is 30.4 Å². The molecule has 13 heteroatoms. The first-order chi connectivity index (χ1) is 15.5. The average molecular weight is 479 g/mol. The molecule has 33 heavy (non-hydrogen) atoms. The number of benzene rings is 1. The molecule has 0 radical (unpaired) electrons. The van der Waals surface area contributed by atoms with Crippen LogP contribution in [0.1, 0.15) is 29.8 Å². The van der Waals surface area contributed by atoms with Crippen LogP contribution < -0.4 is 25.8 Å². The van der Waals surface area contributed by atoms with E-state index in [9.17, 15) is 18.7 Å². The maximum atomic E-state index is 12.8. The summed E-state index contributed by atoms with van der Waals surface area (Å²) < 4.78 is 36.4. The molecule has 0 saturated heterocycles. The number of pyridine rings is 1. The van der Waals surface area contributed by atoms with Gasteiger partial charge in [0.1, 0.15) is 24.8 Å². The van der Waals surface area contributed by atoms with E-state index >= 15 is 0 Å². The number of carbonyl (C=O) groups excluding carboxylic acids is 2. The van der Waals surface area contributed by atoms with Gasteiger partial charge in [-0.05, 0) is 49.1 Å². The minimum Gasteiger partial charge on any atom is -0.490 e. The van der Waals surface area contributed by atoms with Gasteiger partial charge in [-0.25, -0.2) is 4.98 Å². The van der Waals surface area contributed by atoms with E-state index in [2.05, 4.69) is 24.7 Å². The number of carbonyl (C=O) groups is 2.